The van der Waals surface area contributed by atoms with Crippen molar-refractivity contribution >= 4 is 47.9 Å². The summed E-state index contributed by atoms with van der Waals surface area (Å²) < 4.78 is 49.2. The van der Waals surface area contributed by atoms with E-state index in [-0.39, 0.29) is 17.1 Å². The molecule has 0 bridgehead atoms. The highest BCUT2D eigenvalue weighted by atomic mass is 32.2. The third-order valence-corrected chi connectivity index (χ3v) is 8.45. The Morgan fingerprint density at radius 3 is 2.25 bits per heavy atom. The summed E-state index contributed by atoms with van der Waals surface area (Å²) in [5.41, 5.74) is 2.86. The van der Waals surface area contributed by atoms with E-state index in [0.717, 1.165) is 17.4 Å². The van der Waals surface area contributed by atoms with Crippen LogP contribution in [0, 0.1) is 6.92 Å². The minimum atomic E-state index is -3.55. The number of sulfone groups is 1. The SMILES string of the molecule is Cc1ccc(S(=O)(=O)CCC(=O)Nc2nc(-c3ccc(N(C)S(C)(=O)=O)cc3)cs2)cc1. The van der Waals surface area contributed by atoms with Crippen LogP contribution < -0.4 is 9.62 Å². The van der Waals surface area contributed by atoms with E-state index in [1.165, 1.54) is 34.8 Å². The van der Waals surface area contributed by atoms with Crippen LogP contribution in [0.2, 0.25) is 0 Å². The predicted molar refractivity (Wildman–Crippen MR) is 127 cm³/mol. The van der Waals surface area contributed by atoms with E-state index in [1.54, 1.807) is 41.8 Å². The molecule has 0 atom stereocenters. The fraction of sp³-hybridized carbons (Fsp3) is 0.238. The molecule has 0 aliphatic carbocycles. The van der Waals surface area contributed by atoms with E-state index in [9.17, 15) is 21.6 Å². The lowest BCUT2D eigenvalue weighted by Crippen LogP contribution is -2.24. The highest BCUT2D eigenvalue weighted by Gasteiger charge is 2.17. The summed E-state index contributed by atoms with van der Waals surface area (Å²) in [6.07, 6.45) is 0.944. The first-order chi connectivity index (χ1) is 15.0. The molecule has 8 nitrogen and oxygen atoms in total. The largest absolute Gasteiger partial charge is 0.302 e. The molecule has 0 fully saturated rings. The van der Waals surface area contributed by atoms with E-state index in [1.807, 2.05) is 6.92 Å². The van der Waals surface area contributed by atoms with Gasteiger partial charge in [0.15, 0.2) is 15.0 Å². The maximum Gasteiger partial charge on any atom is 0.231 e. The van der Waals surface area contributed by atoms with Crippen molar-refractivity contribution in [3.05, 3.63) is 59.5 Å². The third kappa shape index (κ3) is 5.93. The summed E-state index contributed by atoms with van der Waals surface area (Å²) in [4.78, 5) is 16.8. The molecular weight excluding hydrogens is 470 g/mol. The maximum absolute atomic E-state index is 12.4. The number of rotatable bonds is 8. The number of carbonyl (C=O) groups excluding carboxylic acids is 1. The van der Waals surface area contributed by atoms with Crippen molar-refractivity contribution in [2.24, 2.45) is 0 Å². The molecule has 11 heteroatoms. The molecule has 170 valence electrons. The summed E-state index contributed by atoms with van der Waals surface area (Å²) >= 11 is 1.22. The number of sulfonamides is 1. The number of benzene rings is 2. The summed E-state index contributed by atoms with van der Waals surface area (Å²) in [6, 6.07) is 13.3. The Kier molecular flexibility index (Phi) is 7.01. The number of hydrogen-bond acceptors (Lipinski definition) is 7. The average molecular weight is 494 g/mol. The van der Waals surface area contributed by atoms with Crippen molar-refractivity contribution in [3.63, 3.8) is 0 Å². The number of aromatic nitrogens is 1. The van der Waals surface area contributed by atoms with Crippen LogP contribution >= 0.6 is 11.3 Å². The summed E-state index contributed by atoms with van der Waals surface area (Å²) in [7, 11) is -5.43. The van der Waals surface area contributed by atoms with Gasteiger partial charge in [-0.1, -0.05) is 29.8 Å². The Morgan fingerprint density at radius 2 is 1.66 bits per heavy atom. The Bertz CT molecular complexity index is 1310. The minimum Gasteiger partial charge on any atom is -0.302 e. The van der Waals surface area contributed by atoms with Crippen LogP contribution in [0.1, 0.15) is 12.0 Å². The van der Waals surface area contributed by atoms with Crippen molar-refractivity contribution in [3.8, 4) is 11.3 Å². The number of anilines is 2. The smallest absolute Gasteiger partial charge is 0.231 e. The number of aryl methyl sites for hydroxylation is 1. The van der Waals surface area contributed by atoms with Gasteiger partial charge < -0.3 is 5.32 Å². The van der Waals surface area contributed by atoms with Crippen molar-refractivity contribution in [2.75, 3.05) is 28.7 Å². The minimum absolute atomic E-state index is 0.183. The molecule has 0 aliphatic heterocycles. The fourth-order valence-electron chi connectivity index (χ4n) is 2.77. The van der Waals surface area contributed by atoms with Crippen LogP contribution in [0.5, 0.6) is 0 Å². The van der Waals surface area contributed by atoms with Gasteiger partial charge in [-0.2, -0.15) is 0 Å². The first-order valence-corrected chi connectivity index (χ1v) is 13.9. The zero-order chi connectivity index (χ0) is 23.5. The van der Waals surface area contributed by atoms with E-state index in [0.29, 0.717) is 16.5 Å². The van der Waals surface area contributed by atoms with Gasteiger partial charge in [0.25, 0.3) is 0 Å². The van der Waals surface area contributed by atoms with E-state index < -0.39 is 25.8 Å². The molecule has 3 aromatic rings. The van der Waals surface area contributed by atoms with Gasteiger partial charge in [0, 0.05) is 24.4 Å². The molecular formula is C21H23N3O5S3. The summed E-state index contributed by atoms with van der Waals surface area (Å²) in [6.45, 7) is 1.87. The Hall–Kier alpha value is -2.76. The number of amides is 1. The third-order valence-electron chi connectivity index (χ3n) is 4.75. The molecule has 1 N–H and O–H groups in total. The van der Waals surface area contributed by atoms with E-state index >= 15 is 0 Å². The Morgan fingerprint density at radius 1 is 1.03 bits per heavy atom. The van der Waals surface area contributed by atoms with Crippen LogP contribution in [-0.2, 0) is 24.7 Å². The predicted octanol–water partition coefficient (Wildman–Crippen LogP) is 3.32. The highest BCUT2D eigenvalue weighted by Crippen LogP contribution is 2.27. The Balaban J connectivity index is 1.61. The Labute approximate surface area is 191 Å². The second kappa shape index (κ2) is 9.39. The molecule has 0 unspecified atom stereocenters. The summed E-state index contributed by atoms with van der Waals surface area (Å²) in [5, 5.41) is 4.75. The molecule has 0 saturated heterocycles. The van der Waals surface area contributed by atoms with Crippen LogP contribution in [0.3, 0.4) is 0 Å². The molecule has 0 radical (unpaired) electrons. The normalized spacial score (nSPS) is 11.8. The van der Waals surface area contributed by atoms with Gasteiger partial charge in [-0.15, -0.1) is 11.3 Å². The first-order valence-electron chi connectivity index (χ1n) is 9.55. The highest BCUT2D eigenvalue weighted by molar-refractivity contribution is 7.92. The number of nitrogens with one attached hydrogen (secondary N) is 1. The average Bonchev–Trinajstić information content (AvgIpc) is 3.20. The van der Waals surface area contributed by atoms with E-state index in [2.05, 4.69) is 10.3 Å². The molecule has 0 saturated carbocycles. The number of carbonyl (C=O) groups is 1. The fourth-order valence-corrected chi connectivity index (χ4v) is 5.25. The monoisotopic (exact) mass is 493 g/mol. The second-order valence-corrected chi connectivity index (χ2v) is 12.2. The molecule has 32 heavy (non-hydrogen) atoms. The first kappa shape index (κ1) is 23.9. The van der Waals surface area contributed by atoms with Crippen molar-refractivity contribution in [2.45, 2.75) is 18.2 Å². The van der Waals surface area contributed by atoms with Gasteiger partial charge in [-0.25, -0.2) is 21.8 Å². The lowest BCUT2D eigenvalue weighted by atomic mass is 10.1. The topological polar surface area (TPSA) is 114 Å². The lowest BCUT2D eigenvalue weighted by Gasteiger charge is -2.16. The van der Waals surface area contributed by atoms with Gasteiger partial charge in [-0.3, -0.25) is 9.10 Å². The molecule has 1 aromatic heterocycles. The molecule has 0 spiro atoms. The molecule has 2 aromatic carbocycles. The quantitative estimate of drug-likeness (QED) is 0.515. The van der Waals surface area contributed by atoms with Crippen molar-refractivity contribution in [1.82, 2.24) is 4.98 Å². The number of hydrogen-bond donors (Lipinski definition) is 1. The van der Waals surface area contributed by atoms with Gasteiger partial charge in [-0.05, 0) is 31.2 Å². The van der Waals surface area contributed by atoms with Crippen LogP contribution in [0.25, 0.3) is 11.3 Å². The van der Waals surface area contributed by atoms with Gasteiger partial charge in [0.05, 0.1) is 28.3 Å². The van der Waals surface area contributed by atoms with Crippen LogP contribution in [0.4, 0.5) is 10.8 Å². The number of thiazole rings is 1. The molecule has 3 rings (SSSR count). The lowest BCUT2D eigenvalue weighted by molar-refractivity contribution is -0.115. The van der Waals surface area contributed by atoms with Crippen LogP contribution in [-0.4, -0.2) is 46.8 Å². The van der Waals surface area contributed by atoms with Gasteiger partial charge >= 0.3 is 0 Å². The van der Waals surface area contributed by atoms with Crippen LogP contribution in [0.15, 0.2) is 58.8 Å². The second-order valence-electron chi connectivity index (χ2n) is 7.25. The summed E-state index contributed by atoms with van der Waals surface area (Å²) in [5.74, 6) is -0.734. The molecule has 0 aliphatic rings. The van der Waals surface area contributed by atoms with Crippen molar-refractivity contribution in [1.29, 1.82) is 0 Å². The molecule has 1 amide bonds. The zero-order valence-electron chi connectivity index (χ0n) is 17.8. The van der Waals surface area contributed by atoms with E-state index in [4.69, 9.17) is 0 Å². The van der Waals surface area contributed by atoms with Crippen molar-refractivity contribution < 1.29 is 21.6 Å². The molecule has 1 heterocycles. The van der Waals surface area contributed by atoms with Gasteiger partial charge in [0.2, 0.25) is 15.9 Å². The standard InChI is InChI=1S/C21H23N3O5S3/c1-15-4-10-18(11-5-15)32(28,29)13-12-20(25)23-21-22-19(14-30-21)16-6-8-17(9-7-16)24(2)31(3,26)27/h4-11,14H,12-13H2,1-3H3,(H,22,23,25). The zero-order valence-corrected chi connectivity index (χ0v) is 20.2. The maximum atomic E-state index is 12.4. The van der Waals surface area contributed by atoms with Gasteiger partial charge in [0.1, 0.15) is 0 Å². The number of nitrogens with zero attached hydrogens (tertiary/aromatic N) is 2.